The van der Waals surface area contributed by atoms with Gasteiger partial charge in [0.05, 0.1) is 29.0 Å². The molecule has 0 aromatic heterocycles. The maximum absolute atomic E-state index is 10.6. The van der Waals surface area contributed by atoms with Gasteiger partial charge in [-0.15, -0.1) is 0 Å². The molecule has 0 amide bonds. The number of phenols is 1. The van der Waals surface area contributed by atoms with Crippen molar-refractivity contribution in [1.82, 2.24) is 0 Å². The molecule has 0 fully saturated rings. The average molecular weight is 203 g/mol. The van der Waals surface area contributed by atoms with Gasteiger partial charge in [0.2, 0.25) is 0 Å². The molecule has 1 aromatic rings. The number of phenolic OH excluding ortho intramolecular Hbond substituents is 1. The van der Waals surface area contributed by atoms with Gasteiger partial charge in [0.15, 0.2) is 0 Å². The van der Waals surface area contributed by atoms with E-state index >= 15 is 0 Å². The lowest BCUT2D eigenvalue weighted by atomic mass is 10.1. The largest absolute Gasteiger partial charge is 0.506 e. The Kier molecular flexibility index (Phi) is 2.85. The van der Waals surface area contributed by atoms with Crippen LogP contribution in [0.15, 0.2) is 12.1 Å². The summed E-state index contributed by atoms with van der Waals surface area (Å²) >= 11 is 0. The fraction of sp³-hybridized carbons (Fsp3) is 0.111. The van der Waals surface area contributed by atoms with Crippen LogP contribution in [0, 0.1) is 32.8 Å². The van der Waals surface area contributed by atoms with Crippen LogP contribution in [0.3, 0.4) is 0 Å². The highest BCUT2D eigenvalue weighted by molar-refractivity contribution is 5.55. The van der Waals surface area contributed by atoms with Crippen molar-refractivity contribution in [3.05, 3.63) is 33.4 Å². The number of nitro groups is 1. The van der Waals surface area contributed by atoms with Gasteiger partial charge < -0.3 is 5.11 Å². The standard InChI is InChI=1S/C9H5N3O3/c10-2-1-6-3-7(5-11)9(13)4-8(6)12(14)15/h3-4,13H,1H2. The zero-order valence-corrected chi connectivity index (χ0v) is 7.47. The molecular formula is C9H5N3O3. The van der Waals surface area contributed by atoms with E-state index in [1.54, 1.807) is 12.1 Å². The van der Waals surface area contributed by atoms with Gasteiger partial charge in [0.1, 0.15) is 11.8 Å². The van der Waals surface area contributed by atoms with E-state index in [1.807, 2.05) is 0 Å². The minimum atomic E-state index is -0.701. The van der Waals surface area contributed by atoms with Crippen molar-refractivity contribution in [3.8, 4) is 17.9 Å². The fourth-order valence-corrected chi connectivity index (χ4v) is 1.11. The molecule has 0 saturated carbocycles. The van der Waals surface area contributed by atoms with Crippen LogP contribution >= 0.6 is 0 Å². The van der Waals surface area contributed by atoms with Crippen LogP contribution in [-0.4, -0.2) is 10.0 Å². The zero-order valence-electron chi connectivity index (χ0n) is 7.47. The first-order chi connectivity index (χ1) is 7.10. The molecule has 0 atom stereocenters. The predicted molar refractivity (Wildman–Crippen MR) is 48.8 cm³/mol. The number of aromatic hydroxyl groups is 1. The van der Waals surface area contributed by atoms with E-state index in [2.05, 4.69) is 0 Å². The van der Waals surface area contributed by atoms with Crippen LogP contribution in [0.25, 0.3) is 0 Å². The SMILES string of the molecule is N#CCc1cc(C#N)c(O)cc1[N+](=O)[O-]. The monoisotopic (exact) mass is 203 g/mol. The predicted octanol–water partition coefficient (Wildman–Crippen LogP) is 1.24. The van der Waals surface area contributed by atoms with Gasteiger partial charge in [-0.25, -0.2) is 0 Å². The summed E-state index contributed by atoms with van der Waals surface area (Å²) in [6.45, 7) is 0. The Morgan fingerprint density at radius 1 is 1.47 bits per heavy atom. The summed E-state index contributed by atoms with van der Waals surface area (Å²) in [5.74, 6) is -0.453. The summed E-state index contributed by atoms with van der Waals surface area (Å²) < 4.78 is 0. The molecule has 1 aromatic carbocycles. The van der Waals surface area contributed by atoms with E-state index in [1.165, 1.54) is 0 Å². The molecule has 0 aliphatic heterocycles. The van der Waals surface area contributed by atoms with Crippen molar-refractivity contribution in [2.24, 2.45) is 0 Å². The van der Waals surface area contributed by atoms with E-state index in [9.17, 15) is 15.2 Å². The van der Waals surface area contributed by atoms with Gasteiger partial charge in [0, 0.05) is 5.56 Å². The van der Waals surface area contributed by atoms with Crippen LogP contribution in [0.2, 0.25) is 0 Å². The van der Waals surface area contributed by atoms with Crippen molar-refractivity contribution in [2.45, 2.75) is 6.42 Å². The van der Waals surface area contributed by atoms with Crippen molar-refractivity contribution < 1.29 is 10.0 Å². The Morgan fingerprint density at radius 2 is 2.13 bits per heavy atom. The molecule has 0 aliphatic carbocycles. The Morgan fingerprint density at radius 3 is 2.60 bits per heavy atom. The summed E-state index contributed by atoms with van der Waals surface area (Å²) in [6.07, 6.45) is -0.175. The number of hydrogen-bond donors (Lipinski definition) is 1. The molecule has 15 heavy (non-hydrogen) atoms. The van der Waals surface area contributed by atoms with E-state index in [-0.39, 0.29) is 23.2 Å². The molecular weight excluding hydrogens is 198 g/mol. The third-order valence-electron chi connectivity index (χ3n) is 1.78. The third-order valence-corrected chi connectivity index (χ3v) is 1.78. The molecule has 74 valence electrons. The van der Waals surface area contributed by atoms with Crippen molar-refractivity contribution in [2.75, 3.05) is 0 Å². The highest BCUT2D eigenvalue weighted by Crippen LogP contribution is 2.27. The second-order valence-corrected chi connectivity index (χ2v) is 2.70. The molecule has 1 N–H and O–H groups in total. The van der Waals surface area contributed by atoms with Crippen LogP contribution < -0.4 is 0 Å². The third kappa shape index (κ3) is 2.01. The summed E-state index contributed by atoms with van der Waals surface area (Å²) in [4.78, 5) is 9.85. The van der Waals surface area contributed by atoms with Crippen molar-refractivity contribution >= 4 is 5.69 Å². The molecule has 0 aliphatic rings. The van der Waals surface area contributed by atoms with Gasteiger partial charge in [0.25, 0.3) is 5.69 Å². The van der Waals surface area contributed by atoms with E-state index < -0.39 is 10.7 Å². The lowest BCUT2D eigenvalue weighted by Gasteiger charge is -2.01. The van der Waals surface area contributed by atoms with Crippen molar-refractivity contribution in [1.29, 1.82) is 10.5 Å². The molecule has 6 heteroatoms. The maximum Gasteiger partial charge on any atom is 0.277 e. The van der Waals surface area contributed by atoms with Crippen LogP contribution in [0.5, 0.6) is 5.75 Å². The van der Waals surface area contributed by atoms with Gasteiger partial charge >= 0.3 is 0 Å². The number of rotatable bonds is 2. The van der Waals surface area contributed by atoms with Gasteiger partial charge in [-0.3, -0.25) is 10.1 Å². The summed E-state index contributed by atoms with van der Waals surface area (Å²) in [6, 6.07) is 5.46. The van der Waals surface area contributed by atoms with E-state index in [0.29, 0.717) is 0 Å². The summed E-state index contributed by atoms with van der Waals surface area (Å²) in [5.41, 5.74) is -0.309. The van der Waals surface area contributed by atoms with Crippen LogP contribution in [0.1, 0.15) is 11.1 Å². The Hall–Kier alpha value is -2.60. The highest BCUT2D eigenvalue weighted by atomic mass is 16.6. The first kappa shape index (κ1) is 10.5. The molecule has 0 saturated heterocycles. The molecule has 6 nitrogen and oxygen atoms in total. The number of benzene rings is 1. The minimum Gasteiger partial charge on any atom is -0.506 e. The first-order valence-electron chi connectivity index (χ1n) is 3.87. The first-order valence-corrected chi connectivity index (χ1v) is 3.87. The molecule has 0 spiro atoms. The maximum atomic E-state index is 10.6. The van der Waals surface area contributed by atoms with E-state index in [4.69, 9.17) is 10.5 Å². The van der Waals surface area contributed by atoms with Gasteiger partial charge in [-0.2, -0.15) is 10.5 Å². The average Bonchev–Trinajstić information content (AvgIpc) is 2.20. The quantitative estimate of drug-likeness (QED) is 0.574. The van der Waals surface area contributed by atoms with Gasteiger partial charge in [-0.1, -0.05) is 0 Å². The van der Waals surface area contributed by atoms with E-state index in [0.717, 1.165) is 12.1 Å². The number of hydrogen-bond acceptors (Lipinski definition) is 5. The van der Waals surface area contributed by atoms with Crippen molar-refractivity contribution in [3.63, 3.8) is 0 Å². The lowest BCUT2D eigenvalue weighted by Crippen LogP contribution is -1.96. The lowest BCUT2D eigenvalue weighted by molar-refractivity contribution is -0.385. The summed E-state index contributed by atoms with van der Waals surface area (Å²) in [7, 11) is 0. The number of nitro benzene ring substituents is 1. The molecule has 0 radical (unpaired) electrons. The topological polar surface area (TPSA) is 111 Å². The molecule has 0 heterocycles. The fourth-order valence-electron chi connectivity index (χ4n) is 1.11. The highest BCUT2D eigenvalue weighted by Gasteiger charge is 2.17. The Labute approximate surface area is 84.8 Å². The summed E-state index contributed by atoms with van der Waals surface area (Å²) in [5, 5.41) is 36.8. The second kappa shape index (κ2) is 4.07. The molecule has 0 unspecified atom stereocenters. The van der Waals surface area contributed by atoms with Crippen LogP contribution in [-0.2, 0) is 6.42 Å². The Balaban J connectivity index is 3.41. The number of nitrogens with zero attached hydrogens (tertiary/aromatic N) is 3. The molecule has 1 rings (SSSR count). The zero-order chi connectivity index (χ0) is 11.4. The second-order valence-electron chi connectivity index (χ2n) is 2.70. The van der Waals surface area contributed by atoms with Crippen LogP contribution in [0.4, 0.5) is 5.69 Å². The normalized spacial score (nSPS) is 8.93. The minimum absolute atomic E-state index is 0.0779. The van der Waals surface area contributed by atoms with Gasteiger partial charge in [-0.05, 0) is 6.07 Å². The smallest absolute Gasteiger partial charge is 0.277 e. The number of nitriles is 2. The molecule has 0 bridgehead atoms. The Bertz CT molecular complexity index is 497.